The summed E-state index contributed by atoms with van der Waals surface area (Å²) >= 11 is 0. The number of aryl methyl sites for hydroxylation is 1. The molecule has 5 nitrogen and oxygen atoms in total. The van der Waals surface area contributed by atoms with Gasteiger partial charge in [-0.2, -0.15) is 0 Å². The Bertz CT molecular complexity index is 876. The number of ether oxygens (including phenoxy) is 2. The Morgan fingerprint density at radius 3 is 2.52 bits per heavy atom. The minimum atomic E-state index is -1.20. The Morgan fingerprint density at radius 1 is 1.14 bits per heavy atom. The van der Waals surface area contributed by atoms with Gasteiger partial charge in [0, 0.05) is 17.8 Å². The Labute approximate surface area is 172 Å². The largest absolute Gasteiger partial charge is 0.497 e. The van der Waals surface area contributed by atoms with Gasteiger partial charge in [-0.25, -0.2) is 0 Å². The van der Waals surface area contributed by atoms with Crippen LogP contribution in [-0.4, -0.2) is 30.7 Å². The molecule has 1 unspecified atom stereocenters. The first kappa shape index (κ1) is 20.1. The van der Waals surface area contributed by atoms with Crippen LogP contribution in [0.25, 0.3) is 0 Å². The molecule has 5 heteroatoms. The van der Waals surface area contributed by atoms with Crippen molar-refractivity contribution in [3.63, 3.8) is 0 Å². The number of hydrogen-bond donors (Lipinski definition) is 0. The van der Waals surface area contributed by atoms with Gasteiger partial charge < -0.3 is 14.3 Å². The number of fused-ring (bicyclic) bond motifs is 5. The van der Waals surface area contributed by atoms with E-state index in [1.807, 2.05) is 13.0 Å². The molecule has 3 aliphatic rings. The van der Waals surface area contributed by atoms with E-state index in [4.69, 9.17) is 9.47 Å². The topological polar surface area (TPSA) is 69.7 Å². The summed E-state index contributed by atoms with van der Waals surface area (Å²) in [7, 11) is 1.68. The standard InChI is InChI=1S/C24H30O5/c1-15(26)24(29-16(2)27)12-11-23(14-25)21-8-5-17-13-18(28-4)6-7-19(17)20(21)9-10-22(23,24)3/h6-7,13-14,20-21H,5,8-12H2,1-4H3/t20-,21-,22+,23?,24-/m1/s1. The van der Waals surface area contributed by atoms with Crippen molar-refractivity contribution in [2.75, 3.05) is 7.11 Å². The van der Waals surface area contributed by atoms with Crippen LogP contribution in [0.1, 0.15) is 69.9 Å². The molecule has 0 radical (unpaired) electrons. The number of carbonyl (C=O) groups excluding carboxylic acids is 3. The monoisotopic (exact) mass is 398 g/mol. The summed E-state index contributed by atoms with van der Waals surface area (Å²) in [4.78, 5) is 37.6. The zero-order chi connectivity index (χ0) is 21.0. The van der Waals surface area contributed by atoms with Crippen molar-refractivity contribution in [3.8, 4) is 5.75 Å². The van der Waals surface area contributed by atoms with Gasteiger partial charge in [-0.15, -0.1) is 0 Å². The first-order valence-corrected chi connectivity index (χ1v) is 10.6. The molecule has 0 amide bonds. The van der Waals surface area contributed by atoms with Gasteiger partial charge in [0.05, 0.1) is 7.11 Å². The minimum Gasteiger partial charge on any atom is -0.497 e. The Balaban J connectivity index is 1.81. The van der Waals surface area contributed by atoms with Crippen molar-refractivity contribution in [1.82, 2.24) is 0 Å². The maximum Gasteiger partial charge on any atom is 0.303 e. The molecule has 0 spiro atoms. The quantitative estimate of drug-likeness (QED) is 0.566. The van der Waals surface area contributed by atoms with E-state index in [1.54, 1.807) is 7.11 Å². The van der Waals surface area contributed by atoms with E-state index in [0.29, 0.717) is 19.3 Å². The van der Waals surface area contributed by atoms with Crippen LogP contribution in [0, 0.1) is 16.7 Å². The molecule has 5 atom stereocenters. The molecule has 1 aromatic carbocycles. The molecule has 0 heterocycles. The number of benzene rings is 1. The fraction of sp³-hybridized carbons (Fsp3) is 0.625. The molecule has 0 bridgehead atoms. The first-order valence-electron chi connectivity index (χ1n) is 10.6. The van der Waals surface area contributed by atoms with Gasteiger partial charge in [-0.3, -0.25) is 9.59 Å². The maximum atomic E-state index is 12.8. The Kier molecular flexibility index (Phi) is 4.63. The lowest BCUT2D eigenvalue weighted by atomic mass is 9.46. The molecule has 0 N–H and O–H groups in total. The SMILES string of the molecule is COc1ccc2c(c1)CC[C@@H]1[C@@H]2CC[C@@]2(C)C1(C=O)CC[C@@]2(OC(C)=O)C(C)=O. The molecule has 156 valence electrons. The highest BCUT2D eigenvalue weighted by Crippen LogP contribution is 2.71. The molecule has 3 aliphatic carbocycles. The Hall–Kier alpha value is -2.17. The van der Waals surface area contributed by atoms with E-state index in [1.165, 1.54) is 25.0 Å². The van der Waals surface area contributed by atoms with Gasteiger partial charge in [0.15, 0.2) is 11.4 Å². The molecule has 0 aliphatic heterocycles. The molecule has 29 heavy (non-hydrogen) atoms. The molecule has 2 fully saturated rings. The van der Waals surface area contributed by atoms with Crippen LogP contribution in [-0.2, 0) is 25.5 Å². The molecular weight excluding hydrogens is 368 g/mol. The Morgan fingerprint density at radius 2 is 1.90 bits per heavy atom. The van der Waals surface area contributed by atoms with Crippen molar-refractivity contribution in [1.29, 1.82) is 0 Å². The number of methoxy groups -OCH3 is 1. The lowest BCUT2D eigenvalue weighted by Crippen LogP contribution is -2.61. The van der Waals surface area contributed by atoms with Crippen LogP contribution < -0.4 is 4.74 Å². The van der Waals surface area contributed by atoms with Gasteiger partial charge in [-0.05, 0) is 80.5 Å². The third-order valence-electron chi connectivity index (χ3n) is 8.48. The molecule has 1 aromatic rings. The summed E-state index contributed by atoms with van der Waals surface area (Å²) in [5.74, 6) is 0.698. The molecule has 0 aromatic heterocycles. The van der Waals surface area contributed by atoms with Gasteiger partial charge in [0.2, 0.25) is 0 Å². The molecule has 2 saturated carbocycles. The van der Waals surface area contributed by atoms with Gasteiger partial charge in [0.25, 0.3) is 0 Å². The average Bonchev–Trinajstić information content (AvgIpc) is 2.96. The smallest absolute Gasteiger partial charge is 0.303 e. The summed E-state index contributed by atoms with van der Waals surface area (Å²) in [5, 5.41) is 0. The highest BCUT2D eigenvalue weighted by Gasteiger charge is 2.73. The number of esters is 1. The zero-order valence-corrected chi connectivity index (χ0v) is 17.7. The first-order chi connectivity index (χ1) is 13.7. The van der Waals surface area contributed by atoms with Crippen molar-refractivity contribution >= 4 is 18.0 Å². The number of rotatable bonds is 4. The normalized spacial score (nSPS) is 37.7. The van der Waals surface area contributed by atoms with E-state index in [0.717, 1.165) is 31.3 Å². The van der Waals surface area contributed by atoms with Crippen molar-refractivity contribution in [2.45, 2.75) is 70.8 Å². The fourth-order valence-corrected chi connectivity index (χ4v) is 7.10. The second-order valence-corrected chi connectivity index (χ2v) is 9.32. The predicted molar refractivity (Wildman–Crippen MR) is 108 cm³/mol. The maximum absolute atomic E-state index is 12.8. The van der Waals surface area contributed by atoms with Crippen LogP contribution in [0.4, 0.5) is 0 Å². The second-order valence-electron chi connectivity index (χ2n) is 9.32. The van der Waals surface area contributed by atoms with Gasteiger partial charge in [-0.1, -0.05) is 13.0 Å². The third kappa shape index (κ3) is 2.48. The summed E-state index contributed by atoms with van der Waals surface area (Å²) in [5.41, 5.74) is 0.0634. The fourth-order valence-electron chi connectivity index (χ4n) is 7.10. The van der Waals surface area contributed by atoms with E-state index >= 15 is 0 Å². The number of hydrogen-bond acceptors (Lipinski definition) is 5. The van der Waals surface area contributed by atoms with E-state index in [2.05, 4.69) is 12.1 Å². The summed E-state index contributed by atoms with van der Waals surface area (Å²) in [6, 6.07) is 6.25. The number of Topliss-reactive ketones (excluding diaryl/α,β-unsaturated/α-hetero) is 1. The van der Waals surface area contributed by atoms with Crippen molar-refractivity contribution < 1.29 is 23.9 Å². The number of ketones is 1. The zero-order valence-electron chi connectivity index (χ0n) is 17.7. The summed E-state index contributed by atoms with van der Waals surface area (Å²) < 4.78 is 11.2. The predicted octanol–water partition coefficient (Wildman–Crippen LogP) is 4.01. The third-order valence-corrected chi connectivity index (χ3v) is 8.48. The van der Waals surface area contributed by atoms with E-state index in [9.17, 15) is 14.4 Å². The number of aldehydes is 1. The van der Waals surface area contributed by atoms with Crippen molar-refractivity contribution in [2.24, 2.45) is 16.7 Å². The molecule has 4 rings (SSSR count). The summed E-state index contributed by atoms with van der Waals surface area (Å²) in [6.45, 7) is 4.87. The van der Waals surface area contributed by atoms with Crippen LogP contribution in [0.3, 0.4) is 0 Å². The second kappa shape index (κ2) is 6.68. The van der Waals surface area contributed by atoms with Crippen LogP contribution in [0.2, 0.25) is 0 Å². The highest BCUT2D eigenvalue weighted by atomic mass is 16.6. The minimum absolute atomic E-state index is 0.140. The van der Waals surface area contributed by atoms with E-state index in [-0.39, 0.29) is 17.6 Å². The average molecular weight is 398 g/mol. The lowest BCUT2D eigenvalue weighted by molar-refractivity contribution is -0.192. The van der Waals surface area contributed by atoms with Gasteiger partial charge >= 0.3 is 5.97 Å². The van der Waals surface area contributed by atoms with Gasteiger partial charge in [0.1, 0.15) is 12.0 Å². The summed E-state index contributed by atoms with van der Waals surface area (Å²) in [6.07, 6.45) is 5.47. The van der Waals surface area contributed by atoms with Crippen LogP contribution in [0.15, 0.2) is 18.2 Å². The van der Waals surface area contributed by atoms with Crippen molar-refractivity contribution in [3.05, 3.63) is 29.3 Å². The van der Waals surface area contributed by atoms with Crippen LogP contribution >= 0.6 is 0 Å². The van der Waals surface area contributed by atoms with Crippen LogP contribution in [0.5, 0.6) is 5.75 Å². The highest BCUT2D eigenvalue weighted by molar-refractivity contribution is 5.90. The lowest BCUT2D eigenvalue weighted by Gasteiger charge is -2.58. The molecular formula is C24H30O5. The van der Waals surface area contributed by atoms with E-state index < -0.39 is 22.4 Å². The molecule has 0 saturated heterocycles. The number of carbonyl (C=O) groups is 3.